The number of methoxy groups -OCH3 is 1. The molecule has 0 saturated heterocycles. The number of hydrogen-bond donors (Lipinski definition) is 1. The SMILES string of the molecule is COc1ccc([N+](=O)[O-])cc1N(CC(=O)N(Cc1ccccc1)[C@@H](C)C(=O)NCC(C)C)S(C)(=O)=O. The van der Waals surface area contributed by atoms with Crippen molar-refractivity contribution in [1.29, 1.82) is 0 Å². The predicted molar refractivity (Wildman–Crippen MR) is 136 cm³/mol. The number of nitrogens with zero attached hydrogens (tertiary/aromatic N) is 3. The quantitative estimate of drug-likeness (QED) is 0.335. The van der Waals surface area contributed by atoms with Crippen LogP contribution in [0.3, 0.4) is 0 Å². The summed E-state index contributed by atoms with van der Waals surface area (Å²) >= 11 is 0. The van der Waals surface area contributed by atoms with Crippen LogP contribution in [0.25, 0.3) is 0 Å². The fourth-order valence-electron chi connectivity index (χ4n) is 3.40. The molecule has 36 heavy (non-hydrogen) atoms. The maximum absolute atomic E-state index is 13.5. The molecule has 0 saturated carbocycles. The summed E-state index contributed by atoms with van der Waals surface area (Å²) in [5.41, 5.74) is 0.224. The van der Waals surface area contributed by atoms with Crippen LogP contribution in [0.1, 0.15) is 26.3 Å². The number of non-ortho nitro benzene ring substituents is 1. The molecule has 0 aliphatic carbocycles. The number of anilines is 1. The first kappa shape index (κ1) is 28.6. The number of nitro benzene ring substituents is 1. The average molecular weight is 521 g/mol. The van der Waals surface area contributed by atoms with Crippen LogP contribution in [0.15, 0.2) is 48.5 Å². The molecule has 0 spiro atoms. The van der Waals surface area contributed by atoms with Gasteiger partial charge in [-0.2, -0.15) is 0 Å². The van der Waals surface area contributed by atoms with E-state index in [0.717, 1.165) is 22.2 Å². The number of carbonyl (C=O) groups excluding carboxylic acids is 2. The molecule has 0 aromatic heterocycles. The van der Waals surface area contributed by atoms with Gasteiger partial charge in [0.05, 0.1) is 18.3 Å². The van der Waals surface area contributed by atoms with Crippen LogP contribution in [0.5, 0.6) is 5.75 Å². The monoisotopic (exact) mass is 520 g/mol. The third-order valence-electron chi connectivity index (χ3n) is 5.37. The molecule has 2 amide bonds. The number of carbonyl (C=O) groups is 2. The second-order valence-corrected chi connectivity index (χ2v) is 10.6. The molecule has 2 aromatic carbocycles. The maximum atomic E-state index is 13.5. The molecule has 196 valence electrons. The molecule has 1 N–H and O–H groups in total. The first-order valence-electron chi connectivity index (χ1n) is 11.3. The van der Waals surface area contributed by atoms with E-state index in [1.54, 1.807) is 31.2 Å². The molecule has 0 aliphatic heterocycles. The number of nitrogens with one attached hydrogen (secondary N) is 1. The van der Waals surface area contributed by atoms with Crippen molar-refractivity contribution >= 4 is 33.2 Å². The van der Waals surface area contributed by atoms with Gasteiger partial charge in [-0.15, -0.1) is 0 Å². The average Bonchev–Trinajstić information content (AvgIpc) is 2.83. The summed E-state index contributed by atoms with van der Waals surface area (Å²) < 4.78 is 31.4. The Morgan fingerprint density at radius 3 is 2.28 bits per heavy atom. The van der Waals surface area contributed by atoms with Gasteiger partial charge < -0.3 is 15.0 Å². The molecule has 11 nitrogen and oxygen atoms in total. The lowest BCUT2D eigenvalue weighted by Gasteiger charge is -2.32. The van der Waals surface area contributed by atoms with Crippen molar-refractivity contribution in [2.75, 3.05) is 30.8 Å². The highest BCUT2D eigenvalue weighted by molar-refractivity contribution is 7.92. The zero-order chi connectivity index (χ0) is 27.0. The Morgan fingerprint density at radius 1 is 1.11 bits per heavy atom. The van der Waals surface area contributed by atoms with Crippen molar-refractivity contribution in [1.82, 2.24) is 10.2 Å². The van der Waals surface area contributed by atoms with Gasteiger partial charge in [-0.3, -0.25) is 24.0 Å². The van der Waals surface area contributed by atoms with Crippen LogP contribution >= 0.6 is 0 Å². The highest BCUT2D eigenvalue weighted by atomic mass is 32.2. The molecular formula is C24H32N4O7S. The molecule has 0 heterocycles. The van der Waals surface area contributed by atoms with Gasteiger partial charge in [0, 0.05) is 25.2 Å². The zero-order valence-corrected chi connectivity index (χ0v) is 21.8. The topological polar surface area (TPSA) is 139 Å². The van der Waals surface area contributed by atoms with Gasteiger partial charge in [0.1, 0.15) is 24.0 Å². The number of sulfonamides is 1. The first-order valence-corrected chi connectivity index (χ1v) is 13.1. The van der Waals surface area contributed by atoms with Crippen molar-refractivity contribution in [3.8, 4) is 5.75 Å². The van der Waals surface area contributed by atoms with Crippen LogP contribution in [0, 0.1) is 16.0 Å². The highest BCUT2D eigenvalue weighted by Crippen LogP contribution is 2.33. The van der Waals surface area contributed by atoms with Crippen LogP contribution in [-0.4, -0.2) is 62.6 Å². The summed E-state index contributed by atoms with van der Waals surface area (Å²) in [6, 6.07) is 11.5. The Morgan fingerprint density at radius 2 is 1.75 bits per heavy atom. The molecule has 0 aliphatic rings. The molecule has 12 heteroatoms. The van der Waals surface area contributed by atoms with Gasteiger partial charge in [-0.1, -0.05) is 44.2 Å². The highest BCUT2D eigenvalue weighted by Gasteiger charge is 2.32. The minimum atomic E-state index is -4.08. The largest absolute Gasteiger partial charge is 0.495 e. The van der Waals surface area contributed by atoms with E-state index < -0.39 is 33.4 Å². The number of ether oxygens (including phenoxy) is 1. The molecule has 0 bridgehead atoms. The van der Waals surface area contributed by atoms with Crippen molar-refractivity contribution in [3.63, 3.8) is 0 Å². The molecule has 2 aromatic rings. The fourth-order valence-corrected chi connectivity index (χ4v) is 4.24. The Bertz CT molecular complexity index is 1190. The van der Waals surface area contributed by atoms with Crippen molar-refractivity contribution in [2.24, 2.45) is 5.92 Å². The van der Waals surface area contributed by atoms with E-state index in [-0.39, 0.29) is 35.5 Å². The Balaban J connectivity index is 2.47. The van der Waals surface area contributed by atoms with E-state index in [1.807, 2.05) is 19.9 Å². The summed E-state index contributed by atoms with van der Waals surface area (Å²) in [6.07, 6.45) is 0.888. The fraction of sp³-hybridized carbons (Fsp3) is 0.417. The number of nitro groups is 1. The molecule has 2 rings (SSSR count). The van der Waals surface area contributed by atoms with Gasteiger partial charge in [0.15, 0.2) is 0 Å². The molecule has 0 radical (unpaired) electrons. The van der Waals surface area contributed by atoms with Gasteiger partial charge in [-0.05, 0) is 24.5 Å². The Labute approximate surface area is 211 Å². The van der Waals surface area contributed by atoms with Gasteiger partial charge in [0.25, 0.3) is 5.69 Å². The third-order valence-corrected chi connectivity index (χ3v) is 6.50. The smallest absolute Gasteiger partial charge is 0.271 e. The summed E-state index contributed by atoms with van der Waals surface area (Å²) in [4.78, 5) is 38.3. The van der Waals surface area contributed by atoms with E-state index in [2.05, 4.69) is 5.32 Å². The molecular weight excluding hydrogens is 488 g/mol. The Hall–Kier alpha value is -3.67. The summed E-state index contributed by atoms with van der Waals surface area (Å²) in [5.74, 6) is -0.811. The number of amides is 2. The first-order chi connectivity index (χ1) is 16.8. The molecule has 0 unspecified atom stereocenters. The second-order valence-electron chi connectivity index (χ2n) is 8.71. The number of rotatable bonds is 12. The summed E-state index contributed by atoms with van der Waals surface area (Å²) in [6.45, 7) is 5.22. The van der Waals surface area contributed by atoms with E-state index in [4.69, 9.17) is 4.74 Å². The second kappa shape index (κ2) is 12.3. The minimum Gasteiger partial charge on any atom is -0.495 e. The van der Waals surface area contributed by atoms with E-state index >= 15 is 0 Å². The number of benzene rings is 2. The lowest BCUT2D eigenvalue weighted by atomic mass is 10.1. The van der Waals surface area contributed by atoms with Gasteiger partial charge in [0.2, 0.25) is 21.8 Å². The predicted octanol–water partition coefficient (Wildman–Crippen LogP) is 2.56. The van der Waals surface area contributed by atoms with Crippen molar-refractivity contribution < 1.29 is 27.7 Å². The van der Waals surface area contributed by atoms with E-state index in [9.17, 15) is 28.1 Å². The lowest BCUT2D eigenvalue weighted by Crippen LogP contribution is -2.51. The van der Waals surface area contributed by atoms with Crippen LogP contribution < -0.4 is 14.4 Å². The summed E-state index contributed by atoms with van der Waals surface area (Å²) in [5, 5.41) is 14.1. The van der Waals surface area contributed by atoms with Crippen LogP contribution in [-0.2, 0) is 26.2 Å². The van der Waals surface area contributed by atoms with Crippen LogP contribution in [0.2, 0.25) is 0 Å². The normalized spacial score (nSPS) is 12.1. The zero-order valence-electron chi connectivity index (χ0n) is 21.0. The van der Waals surface area contributed by atoms with E-state index in [0.29, 0.717) is 6.54 Å². The van der Waals surface area contributed by atoms with Crippen molar-refractivity contribution in [3.05, 3.63) is 64.2 Å². The van der Waals surface area contributed by atoms with Crippen molar-refractivity contribution in [2.45, 2.75) is 33.4 Å². The maximum Gasteiger partial charge on any atom is 0.271 e. The minimum absolute atomic E-state index is 0.0381. The molecule has 1 atom stereocenters. The summed E-state index contributed by atoms with van der Waals surface area (Å²) in [7, 11) is -2.79. The third kappa shape index (κ3) is 7.67. The van der Waals surface area contributed by atoms with E-state index in [1.165, 1.54) is 24.1 Å². The molecule has 0 fully saturated rings. The van der Waals surface area contributed by atoms with Gasteiger partial charge in [-0.25, -0.2) is 8.42 Å². The number of hydrogen-bond acceptors (Lipinski definition) is 7. The Kier molecular flexibility index (Phi) is 9.79. The van der Waals surface area contributed by atoms with Crippen LogP contribution in [0.4, 0.5) is 11.4 Å². The lowest BCUT2D eigenvalue weighted by molar-refractivity contribution is -0.384. The van der Waals surface area contributed by atoms with Gasteiger partial charge >= 0.3 is 0 Å². The standard InChI is InChI=1S/C24H32N4O7S/c1-17(2)14-25-24(30)18(3)26(15-19-9-7-6-8-10-19)23(29)16-27(36(5,33)34)21-13-20(28(31)32)11-12-22(21)35-4/h6-13,17-18H,14-16H2,1-5H3,(H,25,30)/t18-/m0/s1.